The predicted molar refractivity (Wildman–Crippen MR) is 180 cm³/mol. The Kier molecular flexibility index (Phi) is 18.6. The number of hydrogen-bond acceptors (Lipinski definition) is 13. The molecule has 0 radical (unpaired) electrons. The van der Waals surface area contributed by atoms with E-state index in [9.17, 15) is 34.6 Å². The van der Waals surface area contributed by atoms with Gasteiger partial charge in [-0.1, -0.05) is 90.4 Å². The highest BCUT2D eigenvalue weighted by atomic mass is 31.2. The summed E-state index contributed by atoms with van der Waals surface area (Å²) in [6.45, 7) is 2.70. The van der Waals surface area contributed by atoms with Crippen molar-refractivity contribution in [3.63, 3.8) is 0 Å². The van der Waals surface area contributed by atoms with E-state index in [-0.39, 0.29) is 18.6 Å². The van der Waals surface area contributed by atoms with Crippen LogP contribution in [0.15, 0.2) is 15.8 Å². The number of methoxy groups -OCH3 is 1. The molecule has 5 N–H and O–H groups in total. The Labute approximate surface area is 288 Å². The highest BCUT2D eigenvalue weighted by molar-refractivity contribution is 7.48. The summed E-state index contributed by atoms with van der Waals surface area (Å²) in [5, 5.41) is 40.8. The van der Waals surface area contributed by atoms with Crippen molar-refractivity contribution in [3.05, 3.63) is 32.6 Å². The van der Waals surface area contributed by atoms with Gasteiger partial charge in [0.15, 0.2) is 6.29 Å². The first-order valence-electron chi connectivity index (χ1n) is 17.9. The van der Waals surface area contributed by atoms with E-state index in [0.29, 0.717) is 6.42 Å². The van der Waals surface area contributed by atoms with Crippen LogP contribution in [-0.2, 0) is 32.3 Å². The number of aliphatic hydroxyl groups excluding tert-OH is 4. The molecule has 1 aromatic heterocycles. The molecule has 2 aliphatic rings. The quantitative estimate of drug-likeness (QED) is 0.0765. The fourth-order valence-electron chi connectivity index (χ4n) is 6.10. The molecule has 49 heavy (non-hydrogen) atoms. The van der Waals surface area contributed by atoms with Gasteiger partial charge in [-0.05, 0) is 13.3 Å². The fraction of sp³-hybridized carbons (Fsp3) is 0.879. The topological polar surface area (TPSA) is 208 Å². The van der Waals surface area contributed by atoms with Gasteiger partial charge in [-0.2, -0.15) is 0 Å². The number of phosphoric ester groups is 1. The first-order valence-corrected chi connectivity index (χ1v) is 19.4. The number of aliphatic hydroxyl groups is 4. The molecule has 1 aromatic rings. The molecule has 0 saturated carbocycles. The summed E-state index contributed by atoms with van der Waals surface area (Å²) >= 11 is 0. The van der Waals surface area contributed by atoms with Crippen LogP contribution < -0.4 is 11.2 Å². The molecule has 3 heterocycles. The number of aromatic nitrogens is 2. The molecule has 3 rings (SSSR count). The van der Waals surface area contributed by atoms with E-state index < -0.39 is 81.4 Å². The summed E-state index contributed by atoms with van der Waals surface area (Å²) in [6, 6.07) is 0. The molecule has 1 unspecified atom stereocenters. The summed E-state index contributed by atoms with van der Waals surface area (Å²) in [5.41, 5.74) is -0.990. The van der Waals surface area contributed by atoms with Gasteiger partial charge in [-0.25, -0.2) is 9.36 Å². The summed E-state index contributed by atoms with van der Waals surface area (Å²) in [7, 11) is -3.17. The molecule has 0 bridgehead atoms. The number of aryl methyl sites for hydroxylation is 1. The van der Waals surface area contributed by atoms with E-state index in [2.05, 4.69) is 11.9 Å². The number of nitrogens with zero attached hydrogens (tertiary/aromatic N) is 1. The standard InChI is InChI=1S/C33H59N2O13P/c1-4-5-6-7-8-9-10-11-12-13-14-15-16-17-18-44-49(42,45-22-26-28(37)29(38)30(39)32(43-3)47-26)48-24-19-27(46-25(24)21-36)35-20-23(2)31(40)34-33(35)41/h20,24-30,32,36-39H,4-19,21-22H2,1-3H3,(H,34,40,41)/t24-,25+,26+,27+,28+,29-,30-,32-,49?/m0/s1. The average Bonchev–Trinajstić information content (AvgIpc) is 3.48. The number of rotatable bonds is 24. The van der Waals surface area contributed by atoms with Crippen LogP contribution in [0.1, 0.15) is 115 Å². The molecule has 9 atom stereocenters. The number of phosphoric acid groups is 1. The van der Waals surface area contributed by atoms with Crippen LogP contribution in [0, 0.1) is 6.92 Å². The van der Waals surface area contributed by atoms with Crippen LogP contribution in [0.4, 0.5) is 0 Å². The smallest absolute Gasteiger partial charge is 0.394 e. The van der Waals surface area contributed by atoms with Gasteiger partial charge < -0.3 is 34.6 Å². The predicted octanol–water partition coefficient (Wildman–Crippen LogP) is 3.59. The molecule has 2 aliphatic heterocycles. The maximum atomic E-state index is 14.0. The molecular formula is C33H59N2O13P. The largest absolute Gasteiger partial charge is 0.475 e. The lowest BCUT2D eigenvalue weighted by molar-refractivity contribution is -0.293. The van der Waals surface area contributed by atoms with Gasteiger partial charge in [0.2, 0.25) is 0 Å². The van der Waals surface area contributed by atoms with Gasteiger partial charge in [-0.3, -0.25) is 27.9 Å². The van der Waals surface area contributed by atoms with Crippen molar-refractivity contribution in [1.29, 1.82) is 0 Å². The maximum absolute atomic E-state index is 14.0. The van der Waals surface area contributed by atoms with Crippen molar-refractivity contribution < 1.29 is 52.8 Å². The van der Waals surface area contributed by atoms with Crippen LogP contribution in [-0.4, -0.2) is 99.8 Å². The summed E-state index contributed by atoms with van der Waals surface area (Å²) in [4.78, 5) is 26.5. The number of ether oxygens (including phenoxy) is 3. The lowest BCUT2D eigenvalue weighted by Crippen LogP contribution is -2.59. The number of unbranched alkanes of at least 4 members (excludes halogenated alkanes) is 13. The van der Waals surface area contributed by atoms with Crippen LogP contribution in [0.25, 0.3) is 0 Å². The van der Waals surface area contributed by atoms with Crippen LogP contribution in [0.3, 0.4) is 0 Å². The van der Waals surface area contributed by atoms with Crippen molar-refractivity contribution in [1.82, 2.24) is 9.55 Å². The van der Waals surface area contributed by atoms with Crippen LogP contribution in [0.5, 0.6) is 0 Å². The second-order valence-electron chi connectivity index (χ2n) is 13.1. The molecular weight excluding hydrogens is 663 g/mol. The molecule has 16 heteroatoms. The van der Waals surface area contributed by atoms with E-state index in [0.717, 1.165) is 30.3 Å². The van der Waals surface area contributed by atoms with Gasteiger partial charge in [0.1, 0.15) is 42.9 Å². The van der Waals surface area contributed by atoms with Gasteiger partial charge in [0.25, 0.3) is 5.56 Å². The van der Waals surface area contributed by atoms with E-state index in [1.54, 1.807) is 0 Å². The SMILES string of the molecule is CCCCCCCCCCCCCCCCOP(=O)(OC[C@H]1O[C@H](OC)[C@@H](O)[C@@H](O)[C@@H]1O)O[C@H]1C[C@H](n2cc(C)c(=O)[nH]c2=O)O[C@@H]1CO. The Morgan fingerprint density at radius 2 is 1.45 bits per heavy atom. The molecule has 0 aliphatic carbocycles. The zero-order valence-electron chi connectivity index (χ0n) is 29.3. The Morgan fingerprint density at radius 1 is 0.857 bits per heavy atom. The lowest BCUT2D eigenvalue weighted by atomic mass is 9.99. The first-order chi connectivity index (χ1) is 23.5. The second-order valence-corrected chi connectivity index (χ2v) is 14.7. The third kappa shape index (κ3) is 13.2. The number of H-pyrrole nitrogens is 1. The van der Waals surface area contributed by atoms with Crippen molar-refractivity contribution in [2.75, 3.05) is 26.9 Å². The number of nitrogens with one attached hydrogen (secondary N) is 1. The van der Waals surface area contributed by atoms with Gasteiger partial charge >= 0.3 is 13.5 Å². The van der Waals surface area contributed by atoms with Crippen molar-refractivity contribution >= 4 is 7.82 Å². The number of aromatic amines is 1. The summed E-state index contributed by atoms with van der Waals surface area (Å²) in [5.74, 6) is 0. The fourth-order valence-corrected chi connectivity index (χ4v) is 7.53. The minimum atomic E-state index is -4.42. The molecule has 2 fully saturated rings. The highest BCUT2D eigenvalue weighted by Crippen LogP contribution is 2.53. The third-order valence-corrected chi connectivity index (χ3v) is 10.6. The average molecular weight is 723 g/mol. The molecule has 0 amide bonds. The monoisotopic (exact) mass is 722 g/mol. The van der Waals surface area contributed by atoms with Crippen molar-refractivity contribution in [2.24, 2.45) is 0 Å². The Hall–Kier alpha value is -1.49. The van der Waals surface area contributed by atoms with Gasteiger partial charge in [0, 0.05) is 25.3 Å². The summed E-state index contributed by atoms with van der Waals surface area (Å²) in [6.07, 6.45) is 7.36. The summed E-state index contributed by atoms with van der Waals surface area (Å²) < 4.78 is 48.7. The molecule has 2 saturated heterocycles. The Morgan fingerprint density at radius 3 is 2.02 bits per heavy atom. The minimum absolute atomic E-state index is 0.0325. The van der Waals surface area contributed by atoms with Crippen LogP contribution >= 0.6 is 7.82 Å². The second kappa shape index (κ2) is 21.8. The zero-order chi connectivity index (χ0) is 35.8. The third-order valence-electron chi connectivity index (χ3n) is 9.13. The number of hydrogen-bond donors (Lipinski definition) is 5. The molecule has 15 nitrogen and oxygen atoms in total. The van der Waals surface area contributed by atoms with E-state index in [1.807, 2.05) is 0 Å². The van der Waals surface area contributed by atoms with Crippen molar-refractivity contribution in [3.8, 4) is 0 Å². The molecule has 284 valence electrons. The van der Waals surface area contributed by atoms with Gasteiger partial charge in [-0.15, -0.1) is 0 Å². The maximum Gasteiger partial charge on any atom is 0.475 e. The van der Waals surface area contributed by atoms with Gasteiger partial charge in [0.05, 0.1) is 19.8 Å². The van der Waals surface area contributed by atoms with E-state index in [4.69, 9.17) is 27.8 Å². The zero-order valence-corrected chi connectivity index (χ0v) is 30.2. The van der Waals surface area contributed by atoms with Crippen molar-refractivity contribution in [2.45, 2.75) is 159 Å². The molecule has 0 spiro atoms. The van der Waals surface area contributed by atoms with Crippen LogP contribution in [0.2, 0.25) is 0 Å². The highest BCUT2D eigenvalue weighted by Gasteiger charge is 2.47. The normalized spacial score (nSPS) is 28.6. The molecule has 0 aromatic carbocycles. The Bertz CT molecular complexity index is 1240. The minimum Gasteiger partial charge on any atom is -0.394 e. The van der Waals surface area contributed by atoms with E-state index >= 15 is 0 Å². The van der Waals surface area contributed by atoms with E-state index in [1.165, 1.54) is 78.0 Å². The lowest BCUT2D eigenvalue weighted by Gasteiger charge is -2.39. The first kappa shape index (κ1) is 41.9. The Balaban J connectivity index is 1.54.